The lowest BCUT2D eigenvalue weighted by molar-refractivity contribution is -0.146. The minimum Gasteiger partial charge on any atom is -0.346 e. The van der Waals surface area contributed by atoms with Crippen LogP contribution in [0.1, 0.15) is 44.8 Å². The lowest BCUT2D eigenvalue weighted by atomic mass is 10.3. The number of ether oxygens (including phenoxy) is 2. The van der Waals surface area contributed by atoms with Crippen molar-refractivity contribution in [2.45, 2.75) is 39.0 Å². The highest BCUT2D eigenvalue weighted by atomic mass is 35.5. The average molecular weight is 295 g/mol. The smallest absolute Gasteiger partial charge is 0.217 e. The van der Waals surface area contributed by atoms with E-state index in [-0.39, 0.29) is 0 Å². The van der Waals surface area contributed by atoms with E-state index >= 15 is 0 Å². The molecular weight excluding hydrogens is 276 g/mol. The van der Waals surface area contributed by atoms with Gasteiger partial charge < -0.3 is 14.0 Å². The molecule has 1 aromatic carbocycles. The van der Waals surface area contributed by atoms with Crippen LogP contribution in [0.4, 0.5) is 0 Å². The van der Waals surface area contributed by atoms with Crippen molar-refractivity contribution < 1.29 is 9.47 Å². The number of nitrogens with zero attached hydrogens (tertiary/aromatic N) is 2. The minimum absolute atomic E-state index is 0.406. The molecule has 1 aliphatic carbocycles. The van der Waals surface area contributed by atoms with E-state index in [4.69, 9.17) is 26.1 Å². The van der Waals surface area contributed by atoms with Gasteiger partial charge in [0, 0.05) is 24.3 Å². The molecule has 0 amide bonds. The second kappa shape index (κ2) is 5.72. The molecule has 1 aliphatic rings. The van der Waals surface area contributed by atoms with Gasteiger partial charge in [0.25, 0.3) is 0 Å². The van der Waals surface area contributed by atoms with Gasteiger partial charge in [-0.2, -0.15) is 0 Å². The number of hydrogen-bond donors (Lipinski definition) is 0. The lowest BCUT2D eigenvalue weighted by Gasteiger charge is -2.18. The summed E-state index contributed by atoms with van der Waals surface area (Å²) in [6.07, 6.45) is 1.97. The predicted octanol–water partition coefficient (Wildman–Crippen LogP) is 4.10. The summed E-state index contributed by atoms with van der Waals surface area (Å²) in [6, 6.07) is 6.35. The first-order valence-corrected chi connectivity index (χ1v) is 7.53. The summed E-state index contributed by atoms with van der Waals surface area (Å²) in [7, 11) is 0. The maximum atomic E-state index is 6.07. The van der Waals surface area contributed by atoms with E-state index in [0.717, 1.165) is 16.9 Å². The van der Waals surface area contributed by atoms with Crippen LogP contribution in [0.2, 0.25) is 5.02 Å². The Hall–Kier alpha value is -1.10. The van der Waals surface area contributed by atoms with Gasteiger partial charge in [-0.25, -0.2) is 4.98 Å². The van der Waals surface area contributed by atoms with Crippen LogP contribution in [0.25, 0.3) is 11.0 Å². The molecule has 4 nitrogen and oxygen atoms in total. The zero-order valence-electron chi connectivity index (χ0n) is 11.8. The van der Waals surface area contributed by atoms with E-state index in [0.29, 0.717) is 24.3 Å². The zero-order valence-corrected chi connectivity index (χ0v) is 12.6. The van der Waals surface area contributed by atoms with Gasteiger partial charge in [0.1, 0.15) is 0 Å². The Morgan fingerprint density at radius 2 is 2.00 bits per heavy atom. The number of rotatable bonds is 6. The standard InChI is InChI=1S/C15H19ClN2O2/c1-3-19-15(20-4-2)14-17-12-9-10(16)5-8-13(12)18(14)11-6-7-11/h5,8-9,11,15H,3-4,6-7H2,1-2H3. The Bertz CT molecular complexity index is 601. The van der Waals surface area contributed by atoms with E-state index < -0.39 is 6.29 Å². The van der Waals surface area contributed by atoms with Crippen LogP contribution >= 0.6 is 11.6 Å². The molecule has 0 atom stereocenters. The maximum absolute atomic E-state index is 6.07. The number of benzene rings is 1. The zero-order chi connectivity index (χ0) is 14.1. The van der Waals surface area contributed by atoms with Crippen LogP contribution in [0, 0.1) is 0 Å². The molecule has 0 radical (unpaired) electrons. The van der Waals surface area contributed by atoms with Crippen LogP contribution in [-0.4, -0.2) is 22.8 Å². The van der Waals surface area contributed by atoms with Crippen LogP contribution in [-0.2, 0) is 9.47 Å². The monoisotopic (exact) mass is 294 g/mol. The summed E-state index contributed by atoms with van der Waals surface area (Å²) in [5.41, 5.74) is 2.01. The van der Waals surface area contributed by atoms with E-state index in [1.807, 2.05) is 32.0 Å². The van der Waals surface area contributed by atoms with Gasteiger partial charge in [0.05, 0.1) is 11.0 Å². The van der Waals surface area contributed by atoms with Crippen LogP contribution in [0.3, 0.4) is 0 Å². The Labute approximate surface area is 123 Å². The topological polar surface area (TPSA) is 36.3 Å². The maximum Gasteiger partial charge on any atom is 0.217 e. The summed E-state index contributed by atoms with van der Waals surface area (Å²) in [6.45, 7) is 5.12. The number of aromatic nitrogens is 2. The highest BCUT2D eigenvalue weighted by molar-refractivity contribution is 6.31. The van der Waals surface area contributed by atoms with Crippen molar-refractivity contribution >= 4 is 22.6 Å². The molecule has 0 bridgehead atoms. The molecule has 3 rings (SSSR count). The van der Waals surface area contributed by atoms with Gasteiger partial charge in [-0.05, 0) is 44.9 Å². The van der Waals surface area contributed by atoms with Gasteiger partial charge in [-0.1, -0.05) is 11.6 Å². The number of halogens is 1. The van der Waals surface area contributed by atoms with Crippen molar-refractivity contribution in [3.63, 3.8) is 0 Å². The fourth-order valence-electron chi connectivity index (χ4n) is 2.47. The number of fused-ring (bicyclic) bond motifs is 1. The summed E-state index contributed by atoms with van der Waals surface area (Å²) in [4.78, 5) is 4.70. The van der Waals surface area contributed by atoms with Crippen molar-refractivity contribution in [3.8, 4) is 0 Å². The van der Waals surface area contributed by atoms with Gasteiger partial charge in [-0.3, -0.25) is 0 Å². The summed E-state index contributed by atoms with van der Waals surface area (Å²) < 4.78 is 13.7. The number of imidazole rings is 1. The van der Waals surface area contributed by atoms with Crippen molar-refractivity contribution in [2.24, 2.45) is 0 Å². The molecule has 20 heavy (non-hydrogen) atoms. The van der Waals surface area contributed by atoms with E-state index in [1.165, 1.54) is 12.8 Å². The molecule has 2 aromatic rings. The molecule has 1 fully saturated rings. The van der Waals surface area contributed by atoms with Gasteiger partial charge >= 0.3 is 0 Å². The highest BCUT2D eigenvalue weighted by Gasteiger charge is 2.31. The molecule has 0 spiro atoms. The molecule has 1 aromatic heterocycles. The third-order valence-corrected chi connectivity index (χ3v) is 3.67. The summed E-state index contributed by atoms with van der Waals surface area (Å²) in [5.74, 6) is 0.855. The van der Waals surface area contributed by atoms with Gasteiger partial charge in [-0.15, -0.1) is 0 Å². The quantitative estimate of drug-likeness (QED) is 0.753. The molecular formula is C15H19ClN2O2. The van der Waals surface area contributed by atoms with E-state index in [2.05, 4.69) is 4.57 Å². The molecule has 108 valence electrons. The highest BCUT2D eigenvalue weighted by Crippen LogP contribution is 2.41. The van der Waals surface area contributed by atoms with Crippen molar-refractivity contribution in [2.75, 3.05) is 13.2 Å². The summed E-state index contributed by atoms with van der Waals surface area (Å²) in [5, 5.41) is 0.703. The Kier molecular flexibility index (Phi) is 3.96. The van der Waals surface area contributed by atoms with Gasteiger partial charge in [0.15, 0.2) is 5.82 Å². The average Bonchev–Trinajstić information content (AvgIpc) is 3.19. The van der Waals surface area contributed by atoms with Crippen LogP contribution < -0.4 is 0 Å². The molecule has 0 N–H and O–H groups in total. The largest absolute Gasteiger partial charge is 0.346 e. The van der Waals surface area contributed by atoms with E-state index in [1.54, 1.807) is 0 Å². The Balaban J connectivity index is 2.10. The summed E-state index contributed by atoms with van der Waals surface area (Å²) >= 11 is 6.07. The normalized spacial score (nSPS) is 15.4. The first-order chi connectivity index (χ1) is 9.74. The second-order valence-electron chi connectivity index (χ2n) is 4.95. The Morgan fingerprint density at radius 1 is 1.30 bits per heavy atom. The van der Waals surface area contributed by atoms with E-state index in [9.17, 15) is 0 Å². The lowest BCUT2D eigenvalue weighted by Crippen LogP contribution is -2.15. The molecule has 5 heteroatoms. The Morgan fingerprint density at radius 3 is 2.60 bits per heavy atom. The first kappa shape index (κ1) is 13.9. The van der Waals surface area contributed by atoms with Crippen LogP contribution in [0.15, 0.2) is 18.2 Å². The fourth-order valence-corrected chi connectivity index (χ4v) is 2.64. The second-order valence-corrected chi connectivity index (χ2v) is 5.38. The minimum atomic E-state index is -0.406. The predicted molar refractivity (Wildman–Crippen MR) is 79.0 cm³/mol. The van der Waals surface area contributed by atoms with Gasteiger partial charge in [0.2, 0.25) is 6.29 Å². The van der Waals surface area contributed by atoms with Crippen LogP contribution in [0.5, 0.6) is 0 Å². The fraction of sp³-hybridized carbons (Fsp3) is 0.533. The SMILES string of the molecule is CCOC(OCC)c1nc2cc(Cl)ccc2n1C1CC1. The van der Waals surface area contributed by atoms with Crippen molar-refractivity contribution in [3.05, 3.63) is 29.0 Å². The molecule has 0 unspecified atom stereocenters. The third kappa shape index (κ3) is 2.55. The molecule has 0 saturated heterocycles. The molecule has 1 heterocycles. The number of hydrogen-bond acceptors (Lipinski definition) is 3. The van der Waals surface area contributed by atoms with Crippen molar-refractivity contribution in [1.82, 2.24) is 9.55 Å². The molecule has 1 saturated carbocycles. The third-order valence-electron chi connectivity index (χ3n) is 3.44. The first-order valence-electron chi connectivity index (χ1n) is 7.15. The molecule has 0 aliphatic heterocycles. The van der Waals surface area contributed by atoms with Crippen molar-refractivity contribution in [1.29, 1.82) is 0 Å².